The van der Waals surface area contributed by atoms with Crippen molar-refractivity contribution in [3.05, 3.63) is 64.3 Å². The van der Waals surface area contributed by atoms with Gasteiger partial charge in [-0.1, -0.05) is 11.6 Å². The van der Waals surface area contributed by atoms with Gasteiger partial charge in [0.2, 0.25) is 0 Å². The third kappa shape index (κ3) is 5.64. The quantitative estimate of drug-likeness (QED) is 0.534. The van der Waals surface area contributed by atoms with Crippen molar-refractivity contribution in [3.63, 3.8) is 0 Å². The van der Waals surface area contributed by atoms with E-state index in [1.54, 1.807) is 12.3 Å². The van der Waals surface area contributed by atoms with E-state index in [0.717, 1.165) is 73.2 Å². The summed E-state index contributed by atoms with van der Waals surface area (Å²) in [7, 11) is 0. The van der Waals surface area contributed by atoms with Crippen LogP contribution < -0.4 is 14.8 Å². The van der Waals surface area contributed by atoms with Gasteiger partial charge in [-0.25, -0.2) is 15.0 Å². The average Bonchev–Trinajstić information content (AvgIpc) is 3.11. The standard InChI is InChI=1S/C26H27ClN6O2/c1-17-30-23(13-25(31-17)32-21-4-3-20(14-28)29-15-21)19-5-7-33(8-6-19)16-18-11-22(27)26-24(12-18)34-9-2-10-35-26/h3-4,11-13,15,19H,2,5-10,16H2,1H3,(H,30,31,32). The minimum Gasteiger partial charge on any atom is -0.489 e. The molecule has 0 aliphatic carbocycles. The van der Waals surface area contributed by atoms with Gasteiger partial charge in [-0.05, 0) is 62.7 Å². The third-order valence-electron chi connectivity index (χ3n) is 6.28. The molecule has 2 aliphatic rings. The second-order valence-electron chi connectivity index (χ2n) is 8.90. The number of fused-ring (bicyclic) bond motifs is 1. The Bertz CT molecular complexity index is 1240. The van der Waals surface area contributed by atoms with Crippen LogP contribution in [0.3, 0.4) is 0 Å². The van der Waals surface area contributed by atoms with Gasteiger partial charge in [0.15, 0.2) is 11.5 Å². The summed E-state index contributed by atoms with van der Waals surface area (Å²) in [5.41, 5.74) is 3.37. The second kappa shape index (κ2) is 10.5. The van der Waals surface area contributed by atoms with Gasteiger partial charge in [0.25, 0.3) is 0 Å². The van der Waals surface area contributed by atoms with E-state index in [-0.39, 0.29) is 0 Å². The van der Waals surface area contributed by atoms with Crippen molar-refractivity contribution in [2.24, 2.45) is 0 Å². The Hall–Kier alpha value is -3.41. The number of nitrogens with one attached hydrogen (secondary N) is 1. The Balaban J connectivity index is 1.22. The number of aromatic nitrogens is 3. The number of rotatable bonds is 5. The minimum atomic E-state index is 0.375. The Morgan fingerprint density at radius 3 is 2.74 bits per heavy atom. The van der Waals surface area contributed by atoms with Gasteiger partial charge in [-0.3, -0.25) is 4.90 Å². The molecule has 180 valence electrons. The molecule has 0 radical (unpaired) electrons. The van der Waals surface area contributed by atoms with Crippen LogP contribution in [0.5, 0.6) is 11.5 Å². The van der Waals surface area contributed by atoms with Crippen LogP contribution in [0.4, 0.5) is 11.5 Å². The predicted octanol–water partition coefficient (Wildman–Crippen LogP) is 4.99. The smallest absolute Gasteiger partial charge is 0.179 e. The second-order valence-corrected chi connectivity index (χ2v) is 9.31. The van der Waals surface area contributed by atoms with Gasteiger partial charge in [0.1, 0.15) is 23.4 Å². The highest BCUT2D eigenvalue weighted by atomic mass is 35.5. The van der Waals surface area contributed by atoms with E-state index in [0.29, 0.717) is 35.6 Å². The Labute approximate surface area is 209 Å². The number of piperidine rings is 1. The largest absolute Gasteiger partial charge is 0.489 e. The first-order chi connectivity index (χ1) is 17.1. The zero-order valence-corrected chi connectivity index (χ0v) is 20.4. The Kier molecular flexibility index (Phi) is 6.98. The number of ether oxygens (including phenoxy) is 2. The molecule has 35 heavy (non-hydrogen) atoms. The highest BCUT2D eigenvalue weighted by Gasteiger charge is 2.24. The van der Waals surface area contributed by atoms with Crippen LogP contribution in [0.25, 0.3) is 0 Å². The highest BCUT2D eigenvalue weighted by Crippen LogP contribution is 2.38. The van der Waals surface area contributed by atoms with Gasteiger partial charge in [-0.2, -0.15) is 5.26 Å². The number of anilines is 2. The van der Waals surface area contributed by atoms with Crippen LogP contribution >= 0.6 is 11.6 Å². The minimum absolute atomic E-state index is 0.375. The number of likely N-dealkylation sites (tertiary alicyclic amines) is 1. The summed E-state index contributed by atoms with van der Waals surface area (Å²) in [6.45, 7) is 5.96. The van der Waals surface area contributed by atoms with E-state index in [1.807, 2.05) is 31.2 Å². The van der Waals surface area contributed by atoms with Gasteiger partial charge >= 0.3 is 0 Å². The van der Waals surface area contributed by atoms with Crippen LogP contribution in [-0.4, -0.2) is 46.2 Å². The molecule has 3 aromatic rings. The molecule has 1 N–H and O–H groups in total. The average molecular weight is 491 g/mol. The van der Waals surface area contributed by atoms with E-state index in [9.17, 15) is 0 Å². The lowest BCUT2D eigenvalue weighted by Crippen LogP contribution is -2.32. The van der Waals surface area contributed by atoms with Crippen LogP contribution in [0.2, 0.25) is 5.02 Å². The van der Waals surface area contributed by atoms with Gasteiger partial charge in [0, 0.05) is 30.6 Å². The molecule has 0 spiro atoms. The number of halogens is 1. The van der Waals surface area contributed by atoms with E-state index in [2.05, 4.69) is 26.3 Å². The van der Waals surface area contributed by atoms with Gasteiger partial charge in [-0.15, -0.1) is 0 Å². The maximum Gasteiger partial charge on any atom is 0.179 e. The molecule has 1 aromatic carbocycles. The van der Waals surface area contributed by atoms with Gasteiger partial charge < -0.3 is 14.8 Å². The fraction of sp³-hybridized carbons (Fsp3) is 0.385. The summed E-state index contributed by atoms with van der Waals surface area (Å²) >= 11 is 6.48. The van der Waals surface area contributed by atoms with Crippen molar-refractivity contribution in [2.45, 2.75) is 38.6 Å². The maximum absolute atomic E-state index is 8.93. The fourth-order valence-corrected chi connectivity index (χ4v) is 4.85. The zero-order chi connectivity index (χ0) is 24.2. The summed E-state index contributed by atoms with van der Waals surface area (Å²) in [5, 5.41) is 12.8. The van der Waals surface area contributed by atoms with Crippen molar-refractivity contribution < 1.29 is 9.47 Å². The first-order valence-electron chi connectivity index (χ1n) is 11.9. The van der Waals surface area contributed by atoms with Gasteiger partial charge in [0.05, 0.1) is 30.1 Å². The number of nitriles is 1. The molecule has 0 saturated carbocycles. The number of hydrogen-bond donors (Lipinski definition) is 1. The molecular weight excluding hydrogens is 464 g/mol. The van der Waals surface area contributed by atoms with E-state index >= 15 is 0 Å². The lowest BCUT2D eigenvalue weighted by atomic mass is 9.93. The Morgan fingerprint density at radius 2 is 1.97 bits per heavy atom. The molecule has 1 saturated heterocycles. The topological polar surface area (TPSA) is 96.2 Å². The van der Waals surface area contributed by atoms with E-state index in [4.69, 9.17) is 31.3 Å². The van der Waals surface area contributed by atoms with Crippen molar-refractivity contribution in [1.29, 1.82) is 5.26 Å². The first kappa shape index (κ1) is 23.3. The molecule has 0 bridgehead atoms. The van der Waals surface area contributed by atoms with Crippen molar-refractivity contribution in [1.82, 2.24) is 19.9 Å². The molecule has 0 unspecified atom stereocenters. The predicted molar refractivity (Wildman–Crippen MR) is 133 cm³/mol. The first-order valence-corrected chi connectivity index (χ1v) is 12.2. The SMILES string of the molecule is Cc1nc(Nc2ccc(C#N)nc2)cc(C2CCN(Cc3cc(Cl)c4c(c3)OCCCO4)CC2)n1. The number of pyridine rings is 1. The number of hydrogen-bond acceptors (Lipinski definition) is 8. The molecule has 2 aliphatic heterocycles. The summed E-state index contributed by atoms with van der Waals surface area (Å²) in [5.74, 6) is 3.25. The maximum atomic E-state index is 8.93. The van der Waals surface area contributed by atoms with Crippen molar-refractivity contribution in [2.75, 3.05) is 31.6 Å². The lowest BCUT2D eigenvalue weighted by molar-refractivity contribution is 0.203. The summed E-state index contributed by atoms with van der Waals surface area (Å²) < 4.78 is 11.6. The lowest BCUT2D eigenvalue weighted by Gasteiger charge is -2.32. The van der Waals surface area contributed by atoms with Crippen molar-refractivity contribution >= 4 is 23.1 Å². The van der Waals surface area contributed by atoms with Crippen molar-refractivity contribution in [3.8, 4) is 17.6 Å². The zero-order valence-electron chi connectivity index (χ0n) is 19.6. The molecular formula is C26H27ClN6O2. The van der Waals surface area contributed by atoms with Crippen LogP contribution in [0.1, 0.15) is 48.0 Å². The summed E-state index contributed by atoms with van der Waals surface area (Å²) in [6, 6.07) is 11.6. The normalized spacial score (nSPS) is 16.4. The Morgan fingerprint density at radius 1 is 1.14 bits per heavy atom. The van der Waals surface area contributed by atoms with Crippen LogP contribution in [-0.2, 0) is 6.54 Å². The van der Waals surface area contributed by atoms with E-state index in [1.165, 1.54) is 0 Å². The molecule has 0 atom stereocenters. The third-order valence-corrected chi connectivity index (χ3v) is 6.56. The van der Waals surface area contributed by atoms with E-state index < -0.39 is 0 Å². The summed E-state index contributed by atoms with van der Waals surface area (Å²) in [6.07, 6.45) is 4.54. The molecule has 8 nitrogen and oxygen atoms in total. The molecule has 5 rings (SSSR count). The number of nitrogens with zero attached hydrogens (tertiary/aromatic N) is 5. The highest BCUT2D eigenvalue weighted by molar-refractivity contribution is 6.32. The molecule has 9 heteroatoms. The molecule has 2 aromatic heterocycles. The molecule has 4 heterocycles. The van der Waals surface area contributed by atoms with Crippen LogP contribution in [0.15, 0.2) is 36.5 Å². The number of aryl methyl sites for hydroxylation is 1. The fourth-order valence-electron chi connectivity index (χ4n) is 4.57. The summed E-state index contributed by atoms with van der Waals surface area (Å²) in [4.78, 5) is 15.8. The monoisotopic (exact) mass is 490 g/mol. The number of benzene rings is 1. The molecule has 0 amide bonds. The van der Waals surface area contributed by atoms with Crippen LogP contribution in [0, 0.1) is 18.3 Å². The molecule has 1 fully saturated rings.